The Balaban J connectivity index is 1.43. The third kappa shape index (κ3) is 3.98. The van der Waals surface area contributed by atoms with Crippen molar-refractivity contribution in [2.24, 2.45) is 0 Å². The minimum absolute atomic E-state index is 0.0368. The zero-order chi connectivity index (χ0) is 19.0. The van der Waals surface area contributed by atoms with E-state index in [0.717, 1.165) is 29.3 Å². The van der Waals surface area contributed by atoms with Gasteiger partial charge in [-0.1, -0.05) is 23.7 Å². The maximum Gasteiger partial charge on any atom is 0.270 e. The number of carbonyl (C=O) groups is 2. The molecule has 0 aliphatic heterocycles. The topological polar surface area (TPSA) is 65.2 Å². The molecule has 0 radical (unpaired) electrons. The molecule has 6 heteroatoms. The van der Waals surface area contributed by atoms with Gasteiger partial charge in [0.2, 0.25) is 0 Å². The molecule has 1 saturated carbocycles. The molecular weight excluding hydrogens is 362 g/mol. The number of hydrogen-bond donors (Lipinski definition) is 2. The van der Waals surface area contributed by atoms with Crippen LogP contribution in [0.25, 0.3) is 10.9 Å². The lowest BCUT2D eigenvalue weighted by atomic mass is 10.1. The summed E-state index contributed by atoms with van der Waals surface area (Å²) in [6, 6.07) is 15.0. The highest BCUT2D eigenvalue weighted by molar-refractivity contribution is 6.31. The molecule has 1 fully saturated rings. The maximum atomic E-state index is 12.7. The van der Waals surface area contributed by atoms with Crippen molar-refractivity contribution < 1.29 is 9.59 Å². The van der Waals surface area contributed by atoms with Gasteiger partial charge in [-0.05, 0) is 54.8 Å². The Kier molecular flexibility index (Phi) is 4.62. The first kappa shape index (κ1) is 17.6. The number of hydrogen-bond acceptors (Lipinski definition) is 2. The van der Waals surface area contributed by atoms with Crippen LogP contribution in [0.3, 0.4) is 0 Å². The number of aromatic amines is 1. The molecule has 1 aliphatic carbocycles. The number of amides is 2. The van der Waals surface area contributed by atoms with Crippen molar-refractivity contribution in [2.75, 3.05) is 7.05 Å². The third-order valence-electron chi connectivity index (χ3n) is 4.71. The van der Waals surface area contributed by atoms with Crippen molar-refractivity contribution >= 4 is 34.3 Å². The smallest absolute Gasteiger partial charge is 0.270 e. The van der Waals surface area contributed by atoms with E-state index >= 15 is 0 Å². The van der Waals surface area contributed by atoms with Gasteiger partial charge in [-0.25, -0.2) is 0 Å². The average molecular weight is 382 g/mol. The monoisotopic (exact) mass is 381 g/mol. The summed E-state index contributed by atoms with van der Waals surface area (Å²) in [7, 11) is 1.76. The molecule has 2 N–H and O–H groups in total. The van der Waals surface area contributed by atoms with Crippen LogP contribution in [0.15, 0.2) is 48.5 Å². The van der Waals surface area contributed by atoms with E-state index in [1.165, 1.54) is 0 Å². The minimum Gasteiger partial charge on any atom is -0.351 e. The number of rotatable bonds is 5. The van der Waals surface area contributed by atoms with E-state index < -0.39 is 0 Å². The predicted molar refractivity (Wildman–Crippen MR) is 106 cm³/mol. The molecular formula is C21H20ClN3O2. The van der Waals surface area contributed by atoms with Gasteiger partial charge < -0.3 is 15.2 Å². The number of fused-ring (bicyclic) bond motifs is 1. The van der Waals surface area contributed by atoms with Crippen LogP contribution in [0, 0.1) is 0 Å². The second-order valence-electron chi connectivity index (χ2n) is 7.02. The Morgan fingerprint density at radius 2 is 1.89 bits per heavy atom. The summed E-state index contributed by atoms with van der Waals surface area (Å²) in [6.07, 6.45) is 2.13. The fraction of sp³-hybridized carbons (Fsp3) is 0.238. The number of halogens is 1. The highest BCUT2D eigenvalue weighted by Gasteiger charge is 2.23. The molecule has 2 amide bonds. The third-order valence-corrected chi connectivity index (χ3v) is 4.94. The summed E-state index contributed by atoms with van der Waals surface area (Å²) >= 11 is 6.01. The number of H-pyrrole nitrogens is 1. The summed E-state index contributed by atoms with van der Waals surface area (Å²) in [5, 5.41) is 4.52. The molecule has 0 bridgehead atoms. The Morgan fingerprint density at radius 3 is 2.59 bits per heavy atom. The molecule has 2 aromatic carbocycles. The minimum atomic E-state index is -0.0992. The summed E-state index contributed by atoms with van der Waals surface area (Å²) in [4.78, 5) is 29.5. The van der Waals surface area contributed by atoms with E-state index in [2.05, 4.69) is 10.3 Å². The lowest BCUT2D eigenvalue weighted by Gasteiger charge is -2.16. The normalized spacial score (nSPS) is 13.6. The molecule has 0 atom stereocenters. The van der Waals surface area contributed by atoms with E-state index in [-0.39, 0.29) is 11.8 Å². The van der Waals surface area contributed by atoms with Gasteiger partial charge in [0.15, 0.2) is 0 Å². The molecule has 4 rings (SSSR count). The zero-order valence-corrected chi connectivity index (χ0v) is 15.7. The first-order valence-corrected chi connectivity index (χ1v) is 9.31. The Labute approximate surface area is 162 Å². The van der Waals surface area contributed by atoms with E-state index in [0.29, 0.717) is 28.9 Å². The standard InChI is InChI=1S/C21H20ClN3O2/c1-25(21(27)19-11-15-10-16(22)6-9-18(15)24-19)12-13-2-4-14(5-3-13)20(26)23-17-7-8-17/h2-6,9-11,17,24H,7-8,12H2,1H3,(H,23,26). The van der Waals surface area contributed by atoms with Gasteiger partial charge in [-0.2, -0.15) is 0 Å². The van der Waals surface area contributed by atoms with Crippen LogP contribution in [0.1, 0.15) is 39.3 Å². The number of aromatic nitrogens is 1. The van der Waals surface area contributed by atoms with Crippen molar-refractivity contribution in [1.82, 2.24) is 15.2 Å². The quantitative estimate of drug-likeness (QED) is 0.701. The van der Waals surface area contributed by atoms with Crippen molar-refractivity contribution in [2.45, 2.75) is 25.4 Å². The SMILES string of the molecule is CN(Cc1ccc(C(=O)NC2CC2)cc1)C(=O)c1cc2cc(Cl)ccc2[nH]1. The van der Waals surface area contributed by atoms with Crippen LogP contribution < -0.4 is 5.32 Å². The molecule has 0 saturated heterocycles. The van der Waals surface area contributed by atoms with E-state index in [4.69, 9.17) is 11.6 Å². The average Bonchev–Trinajstić information content (AvgIpc) is 3.37. The Bertz CT molecular complexity index is 1010. The second-order valence-corrected chi connectivity index (χ2v) is 7.46. The lowest BCUT2D eigenvalue weighted by molar-refractivity contribution is 0.0779. The summed E-state index contributed by atoms with van der Waals surface area (Å²) in [5.41, 5.74) is 3.01. The van der Waals surface area contributed by atoms with E-state index in [1.807, 2.05) is 30.3 Å². The van der Waals surface area contributed by atoms with Gasteiger partial charge in [0.25, 0.3) is 11.8 Å². The van der Waals surface area contributed by atoms with Crippen LogP contribution in [-0.4, -0.2) is 34.8 Å². The maximum absolute atomic E-state index is 12.7. The largest absolute Gasteiger partial charge is 0.351 e. The summed E-state index contributed by atoms with van der Waals surface area (Å²) < 4.78 is 0. The molecule has 1 aliphatic rings. The summed E-state index contributed by atoms with van der Waals surface area (Å²) in [6.45, 7) is 0.458. The number of nitrogens with one attached hydrogen (secondary N) is 2. The molecule has 1 heterocycles. The van der Waals surface area contributed by atoms with Gasteiger partial charge in [-0.15, -0.1) is 0 Å². The van der Waals surface area contributed by atoms with Crippen molar-refractivity contribution in [3.63, 3.8) is 0 Å². The lowest BCUT2D eigenvalue weighted by Crippen LogP contribution is -2.27. The van der Waals surface area contributed by atoms with Gasteiger partial charge in [0.1, 0.15) is 5.69 Å². The van der Waals surface area contributed by atoms with E-state index in [1.54, 1.807) is 30.1 Å². The Hall–Kier alpha value is -2.79. The molecule has 0 spiro atoms. The molecule has 0 unspecified atom stereocenters. The highest BCUT2D eigenvalue weighted by atomic mass is 35.5. The summed E-state index contributed by atoms with van der Waals surface area (Å²) in [5.74, 6) is -0.136. The van der Waals surface area contributed by atoms with Gasteiger partial charge in [-0.3, -0.25) is 9.59 Å². The molecule has 3 aromatic rings. The predicted octanol–water partition coefficient (Wildman–Crippen LogP) is 3.99. The molecule has 5 nitrogen and oxygen atoms in total. The van der Waals surface area contributed by atoms with Crippen molar-refractivity contribution in [3.8, 4) is 0 Å². The van der Waals surface area contributed by atoms with Gasteiger partial charge >= 0.3 is 0 Å². The number of benzene rings is 2. The zero-order valence-electron chi connectivity index (χ0n) is 15.0. The fourth-order valence-electron chi connectivity index (χ4n) is 3.03. The first-order chi connectivity index (χ1) is 13.0. The molecule has 27 heavy (non-hydrogen) atoms. The van der Waals surface area contributed by atoms with Gasteiger partial charge in [0, 0.05) is 41.1 Å². The number of nitrogens with zero attached hydrogens (tertiary/aromatic N) is 1. The fourth-order valence-corrected chi connectivity index (χ4v) is 3.21. The first-order valence-electron chi connectivity index (χ1n) is 8.93. The van der Waals surface area contributed by atoms with Crippen LogP contribution in [-0.2, 0) is 6.54 Å². The Morgan fingerprint density at radius 1 is 1.15 bits per heavy atom. The van der Waals surface area contributed by atoms with Crippen molar-refractivity contribution in [1.29, 1.82) is 0 Å². The van der Waals surface area contributed by atoms with Crippen LogP contribution in [0.5, 0.6) is 0 Å². The van der Waals surface area contributed by atoms with E-state index in [9.17, 15) is 9.59 Å². The molecule has 138 valence electrons. The van der Waals surface area contributed by atoms with Crippen LogP contribution in [0.4, 0.5) is 0 Å². The second kappa shape index (κ2) is 7.08. The number of carbonyl (C=O) groups excluding carboxylic acids is 2. The highest BCUT2D eigenvalue weighted by Crippen LogP contribution is 2.21. The molecule has 1 aromatic heterocycles. The van der Waals surface area contributed by atoms with Crippen molar-refractivity contribution in [3.05, 3.63) is 70.4 Å². The van der Waals surface area contributed by atoms with Gasteiger partial charge in [0.05, 0.1) is 0 Å². The van der Waals surface area contributed by atoms with Crippen LogP contribution in [0.2, 0.25) is 5.02 Å². The van der Waals surface area contributed by atoms with Crippen LogP contribution >= 0.6 is 11.6 Å².